The van der Waals surface area contributed by atoms with Crippen LogP contribution in [0.1, 0.15) is 19.8 Å². The Kier molecular flexibility index (Phi) is 6.67. The molecule has 0 bridgehead atoms. The fourth-order valence-corrected chi connectivity index (χ4v) is 1.52. The fraction of sp³-hybridized carbons (Fsp3) is 0.500. The molecule has 16 heavy (non-hydrogen) atoms. The van der Waals surface area contributed by atoms with Gasteiger partial charge in [-0.25, -0.2) is 4.79 Å². The summed E-state index contributed by atoms with van der Waals surface area (Å²) in [5.74, 6) is -0.799. The van der Waals surface area contributed by atoms with Gasteiger partial charge in [0.1, 0.15) is 0 Å². The molecule has 0 aromatic carbocycles. The van der Waals surface area contributed by atoms with Gasteiger partial charge in [0.05, 0.1) is 17.9 Å². The minimum absolute atomic E-state index is 0.125. The molecule has 0 rings (SSSR count). The topological polar surface area (TPSA) is 80.7 Å². The Morgan fingerprint density at radius 1 is 1.44 bits per heavy atom. The minimum Gasteiger partial charge on any atom is -0.462 e. The quantitative estimate of drug-likeness (QED) is 0.242. The van der Waals surface area contributed by atoms with Gasteiger partial charge in [0.15, 0.2) is 0 Å². The molecule has 0 saturated carbocycles. The highest BCUT2D eigenvalue weighted by molar-refractivity contribution is 7.85. The van der Waals surface area contributed by atoms with Crippen LogP contribution in [-0.4, -0.2) is 31.3 Å². The average molecular weight is 248 g/mol. The van der Waals surface area contributed by atoms with Crippen molar-refractivity contribution in [2.24, 2.45) is 0 Å². The average Bonchev–Trinajstić information content (AvgIpc) is 2.17. The van der Waals surface area contributed by atoms with Gasteiger partial charge >= 0.3 is 5.97 Å². The lowest BCUT2D eigenvalue weighted by molar-refractivity contribution is -0.138. The van der Waals surface area contributed by atoms with Crippen LogP contribution in [0, 0.1) is 0 Å². The second-order valence-corrected chi connectivity index (χ2v) is 4.65. The van der Waals surface area contributed by atoms with Crippen LogP contribution in [0.2, 0.25) is 0 Å². The first kappa shape index (κ1) is 14.9. The maximum Gasteiger partial charge on any atom is 0.337 e. The van der Waals surface area contributed by atoms with E-state index in [9.17, 15) is 13.2 Å². The second-order valence-electron chi connectivity index (χ2n) is 3.08. The molecule has 0 radical (unpaired) electrons. The van der Waals surface area contributed by atoms with E-state index in [4.69, 9.17) is 9.29 Å². The molecule has 6 heteroatoms. The molecule has 0 atom stereocenters. The van der Waals surface area contributed by atoms with Crippen LogP contribution in [0.5, 0.6) is 0 Å². The van der Waals surface area contributed by atoms with E-state index in [1.165, 1.54) is 6.08 Å². The van der Waals surface area contributed by atoms with E-state index in [-0.39, 0.29) is 18.8 Å². The van der Waals surface area contributed by atoms with E-state index in [1.54, 1.807) is 13.0 Å². The van der Waals surface area contributed by atoms with E-state index < -0.39 is 16.1 Å². The summed E-state index contributed by atoms with van der Waals surface area (Å²) >= 11 is 0. The molecule has 0 aliphatic rings. The summed E-state index contributed by atoms with van der Waals surface area (Å²) in [6.45, 7) is 5.26. The Balaban J connectivity index is 3.76. The molecular weight excluding hydrogens is 232 g/mol. The molecule has 0 spiro atoms. The molecule has 0 fully saturated rings. The Labute approximate surface area is 95.5 Å². The first-order valence-corrected chi connectivity index (χ1v) is 6.42. The number of carbonyl (C=O) groups is 1. The van der Waals surface area contributed by atoms with Crippen molar-refractivity contribution >= 4 is 16.1 Å². The Bertz CT molecular complexity index is 367. The molecule has 1 N–H and O–H groups in total. The number of carbonyl (C=O) groups excluding carboxylic acids is 1. The van der Waals surface area contributed by atoms with Crippen molar-refractivity contribution in [1.29, 1.82) is 0 Å². The van der Waals surface area contributed by atoms with Gasteiger partial charge in [0, 0.05) is 0 Å². The largest absolute Gasteiger partial charge is 0.462 e. The smallest absolute Gasteiger partial charge is 0.337 e. The lowest BCUT2D eigenvalue weighted by atomic mass is 10.2. The van der Waals surface area contributed by atoms with Crippen molar-refractivity contribution < 1.29 is 22.5 Å². The highest BCUT2D eigenvalue weighted by Gasteiger charge is 2.07. The highest BCUT2D eigenvalue weighted by Crippen LogP contribution is 2.01. The number of hydrogen-bond donors (Lipinski definition) is 1. The van der Waals surface area contributed by atoms with Crippen LogP contribution in [0.25, 0.3) is 0 Å². The number of hydrogen-bond acceptors (Lipinski definition) is 4. The molecule has 92 valence electrons. The van der Waals surface area contributed by atoms with Crippen molar-refractivity contribution in [3.8, 4) is 0 Å². The molecule has 0 aromatic rings. The maximum absolute atomic E-state index is 11.2. The normalized spacial score (nSPS) is 12.2. The fourth-order valence-electron chi connectivity index (χ4n) is 0.954. The molecule has 0 amide bonds. The molecule has 0 unspecified atom stereocenters. The number of ether oxygens (including phenoxy) is 1. The van der Waals surface area contributed by atoms with Crippen LogP contribution in [-0.2, 0) is 19.6 Å². The third kappa shape index (κ3) is 7.19. The summed E-state index contributed by atoms with van der Waals surface area (Å²) in [6, 6.07) is 0. The lowest BCUT2D eigenvalue weighted by Crippen LogP contribution is -2.09. The Morgan fingerprint density at radius 3 is 2.50 bits per heavy atom. The molecule has 0 heterocycles. The first-order chi connectivity index (χ1) is 7.40. The van der Waals surface area contributed by atoms with Gasteiger partial charge in [-0.05, 0) is 19.8 Å². The number of allylic oxidation sites excluding steroid dienone is 1. The summed E-state index contributed by atoms with van der Waals surface area (Å²) in [5.41, 5.74) is 0.370. The summed E-state index contributed by atoms with van der Waals surface area (Å²) in [7, 11) is -3.92. The predicted molar refractivity (Wildman–Crippen MR) is 60.6 cm³/mol. The first-order valence-electron chi connectivity index (χ1n) is 4.81. The van der Waals surface area contributed by atoms with Crippen LogP contribution in [0.15, 0.2) is 24.3 Å². The van der Waals surface area contributed by atoms with Gasteiger partial charge < -0.3 is 4.74 Å². The highest BCUT2D eigenvalue weighted by atomic mass is 32.2. The molecule has 0 aromatic heterocycles. The van der Waals surface area contributed by atoms with Crippen molar-refractivity contribution in [1.82, 2.24) is 0 Å². The van der Waals surface area contributed by atoms with Gasteiger partial charge in [-0.15, -0.1) is 0 Å². The SMILES string of the molecule is C=CC(=CC)C(=O)OCCCCS(=O)(=O)O. The maximum atomic E-state index is 11.2. The monoisotopic (exact) mass is 248 g/mol. The van der Waals surface area contributed by atoms with Crippen LogP contribution >= 0.6 is 0 Å². The number of esters is 1. The summed E-state index contributed by atoms with van der Waals surface area (Å²) in [4.78, 5) is 11.2. The van der Waals surface area contributed by atoms with Gasteiger partial charge in [-0.1, -0.05) is 18.7 Å². The predicted octanol–water partition coefficient (Wildman–Crippen LogP) is 1.33. The van der Waals surface area contributed by atoms with Crippen LogP contribution in [0.4, 0.5) is 0 Å². The van der Waals surface area contributed by atoms with E-state index in [2.05, 4.69) is 6.58 Å². The molecule has 5 nitrogen and oxygen atoms in total. The van der Waals surface area contributed by atoms with Gasteiger partial charge in [-0.3, -0.25) is 4.55 Å². The summed E-state index contributed by atoms with van der Waals surface area (Å²) in [6.07, 6.45) is 3.61. The summed E-state index contributed by atoms with van der Waals surface area (Å²) < 4.78 is 34.0. The lowest BCUT2D eigenvalue weighted by Gasteiger charge is -2.04. The molecule has 0 saturated heterocycles. The minimum atomic E-state index is -3.92. The van der Waals surface area contributed by atoms with Crippen molar-refractivity contribution in [3.05, 3.63) is 24.3 Å². The Morgan fingerprint density at radius 2 is 2.06 bits per heavy atom. The van der Waals surface area contributed by atoms with Gasteiger partial charge in [0.25, 0.3) is 10.1 Å². The summed E-state index contributed by atoms with van der Waals surface area (Å²) in [5, 5.41) is 0. The Hall–Kier alpha value is -1.14. The van der Waals surface area contributed by atoms with Crippen molar-refractivity contribution in [3.63, 3.8) is 0 Å². The standard InChI is InChI=1S/C10H16O5S/c1-3-9(4-2)10(11)15-7-5-6-8-16(12,13)14/h3-4H,1,5-8H2,2H3,(H,12,13,14). The van der Waals surface area contributed by atoms with E-state index in [0.29, 0.717) is 12.0 Å². The zero-order valence-corrected chi connectivity index (χ0v) is 10.00. The molecule has 0 aliphatic carbocycles. The van der Waals surface area contributed by atoms with E-state index in [1.807, 2.05) is 0 Å². The van der Waals surface area contributed by atoms with Crippen LogP contribution < -0.4 is 0 Å². The zero-order valence-electron chi connectivity index (χ0n) is 9.18. The third-order valence-electron chi connectivity index (χ3n) is 1.80. The number of rotatable bonds is 7. The molecule has 0 aliphatic heterocycles. The second kappa shape index (κ2) is 7.19. The van der Waals surface area contributed by atoms with Crippen molar-refractivity contribution in [2.75, 3.05) is 12.4 Å². The van der Waals surface area contributed by atoms with Crippen LogP contribution in [0.3, 0.4) is 0 Å². The van der Waals surface area contributed by atoms with Crippen molar-refractivity contribution in [2.45, 2.75) is 19.8 Å². The number of unbranched alkanes of at least 4 members (excludes halogenated alkanes) is 1. The van der Waals surface area contributed by atoms with Gasteiger partial charge in [0.2, 0.25) is 0 Å². The molecular formula is C10H16O5S. The zero-order chi connectivity index (χ0) is 12.6. The van der Waals surface area contributed by atoms with Gasteiger partial charge in [-0.2, -0.15) is 8.42 Å². The van der Waals surface area contributed by atoms with E-state index in [0.717, 1.165) is 0 Å². The van der Waals surface area contributed by atoms with E-state index >= 15 is 0 Å². The third-order valence-corrected chi connectivity index (χ3v) is 2.60.